The molecule has 2 aromatic rings. The minimum absolute atomic E-state index is 0.0696. The lowest BCUT2D eigenvalue weighted by Gasteiger charge is -2.09. The molecule has 6 heteroatoms. The average Bonchev–Trinajstić information content (AvgIpc) is 2.47. The van der Waals surface area contributed by atoms with Crippen molar-refractivity contribution in [3.8, 4) is 0 Å². The van der Waals surface area contributed by atoms with Crippen molar-refractivity contribution in [3.63, 3.8) is 0 Å². The number of nitrogens with one attached hydrogen (secondary N) is 1. The maximum absolute atomic E-state index is 12.4. The zero-order valence-electron chi connectivity index (χ0n) is 11.4. The molecule has 114 valence electrons. The fourth-order valence-electron chi connectivity index (χ4n) is 1.85. The van der Waals surface area contributed by atoms with E-state index < -0.39 is 11.7 Å². The molecule has 0 aliphatic carbocycles. The van der Waals surface area contributed by atoms with Gasteiger partial charge in [0.15, 0.2) is 0 Å². The summed E-state index contributed by atoms with van der Waals surface area (Å²) in [5.74, 6) is -0.349. The van der Waals surface area contributed by atoms with Crippen LogP contribution in [0.3, 0.4) is 0 Å². The van der Waals surface area contributed by atoms with Gasteiger partial charge in [0.1, 0.15) is 6.29 Å². The van der Waals surface area contributed by atoms with Crippen LogP contribution in [0.1, 0.15) is 21.5 Å². The smallest absolute Gasteiger partial charge is 0.326 e. The van der Waals surface area contributed by atoms with Crippen LogP contribution in [-0.4, -0.2) is 12.2 Å². The SMILES string of the molecule is O=Cc1ccc(CC(=O)Nc2ccc(C(F)(F)F)cc2)cc1. The number of alkyl halides is 3. The Kier molecular flexibility index (Phi) is 4.60. The van der Waals surface area contributed by atoms with Gasteiger partial charge >= 0.3 is 6.18 Å². The van der Waals surface area contributed by atoms with Crippen LogP contribution in [0, 0.1) is 0 Å². The molecule has 0 saturated heterocycles. The largest absolute Gasteiger partial charge is 0.416 e. The number of carbonyl (C=O) groups excluding carboxylic acids is 2. The third-order valence-electron chi connectivity index (χ3n) is 2.98. The normalized spacial score (nSPS) is 11.0. The molecular formula is C16H12F3NO2. The molecular weight excluding hydrogens is 295 g/mol. The number of benzene rings is 2. The molecule has 0 aliphatic heterocycles. The van der Waals surface area contributed by atoms with E-state index in [1.54, 1.807) is 24.3 Å². The molecule has 0 spiro atoms. The first-order valence-electron chi connectivity index (χ1n) is 6.40. The number of aldehydes is 1. The topological polar surface area (TPSA) is 46.2 Å². The standard InChI is InChI=1S/C16H12F3NO2/c17-16(18,19)13-5-7-14(8-6-13)20-15(22)9-11-1-3-12(10-21)4-2-11/h1-8,10H,9H2,(H,20,22). The molecule has 0 unspecified atom stereocenters. The van der Waals surface area contributed by atoms with Crippen molar-refractivity contribution in [2.75, 3.05) is 5.32 Å². The highest BCUT2D eigenvalue weighted by atomic mass is 19.4. The Hall–Kier alpha value is -2.63. The zero-order chi connectivity index (χ0) is 16.2. The Morgan fingerprint density at radius 2 is 1.59 bits per heavy atom. The Balaban J connectivity index is 1.98. The Morgan fingerprint density at radius 1 is 1.00 bits per heavy atom. The maximum Gasteiger partial charge on any atom is 0.416 e. The third kappa shape index (κ3) is 4.18. The fraction of sp³-hybridized carbons (Fsp3) is 0.125. The van der Waals surface area contributed by atoms with Gasteiger partial charge in [-0.05, 0) is 29.8 Å². The minimum atomic E-state index is -4.40. The van der Waals surface area contributed by atoms with Crippen molar-refractivity contribution in [2.24, 2.45) is 0 Å². The minimum Gasteiger partial charge on any atom is -0.326 e. The van der Waals surface area contributed by atoms with Crippen LogP contribution < -0.4 is 5.32 Å². The van der Waals surface area contributed by atoms with Crippen molar-refractivity contribution >= 4 is 17.9 Å². The lowest BCUT2D eigenvalue weighted by atomic mass is 10.1. The summed E-state index contributed by atoms with van der Waals surface area (Å²) in [7, 11) is 0. The van der Waals surface area contributed by atoms with Crippen molar-refractivity contribution in [1.82, 2.24) is 0 Å². The molecule has 0 aromatic heterocycles. The van der Waals surface area contributed by atoms with Gasteiger partial charge in [-0.2, -0.15) is 13.2 Å². The summed E-state index contributed by atoms with van der Waals surface area (Å²) in [6.45, 7) is 0. The molecule has 0 bridgehead atoms. The monoisotopic (exact) mass is 307 g/mol. The molecule has 22 heavy (non-hydrogen) atoms. The highest BCUT2D eigenvalue weighted by Gasteiger charge is 2.29. The maximum atomic E-state index is 12.4. The van der Waals surface area contributed by atoms with E-state index in [-0.39, 0.29) is 12.3 Å². The second kappa shape index (κ2) is 6.43. The average molecular weight is 307 g/mol. The van der Waals surface area contributed by atoms with Crippen LogP contribution in [0.25, 0.3) is 0 Å². The van der Waals surface area contributed by atoms with Gasteiger partial charge in [0.25, 0.3) is 0 Å². The highest BCUT2D eigenvalue weighted by Crippen LogP contribution is 2.29. The van der Waals surface area contributed by atoms with Crippen LogP contribution in [-0.2, 0) is 17.4 Å². The summed E-state index contributed by atoms with van der Waals surface area (Å²) in [4.78, 5) is 22.3. The van der Waals surface area contributed by atoms with Crippen molar-refractivity contribution < 1.29 is 22.8 Å². The first-order chi connectivity index (χ1) is 10.4. The Bertz CT molecular complexity index is 661. The number of halogens is 3. The summed E-state index contributed by atoms with van der Waals surface area (Å²) >= 11 is 0. The molecule has 1 N–H and O–H groups in total. The number of hydrogen-bond acceptors (Lipinski definition) is 2. The summed E-state index contributed by atoms with van der Waals surface area (Å²) in [5.41, 5.74) is 0.736. The fourth-order valence-corrected chi connectivity index (χ4v) is 1.85. The van der Waals surface area contributed by atoms with Gasteiger partial charge in [0.05, 0.1) is 12.0 Å². The molecule has 0 aliphatic rings. The first-order valence-corrected chi connectivity index (χ1v) is 6.40. The van der Waals surface area contributed by atoms with Crippen LogP contribution in [0.15, 0.2) is 48.5 Å². The number of carbonyl (C=O) groups is 2. The van der Waals surface area contributed by atoms with Gasteiger partial charge in [0, 0.05) is 11.3 Å². The first kappa shape index (κ1) is 15.8. The molecule has 0 atom stereocenters. The van der Waals surface area contributed by atoms with Gasteiger partial charge in [-0.15, -0.1) is 0 Å². The van der Waals surface area contributed by atoms with E-state index >= 15 is 0 Å². The molecule has 0 fully saturated rings. The lowest BCUT2D eigenvalue weighted by molar-refractivity contribution is -0.137. The predicted molar refractivity (Wildman–Crippen MR) is 75.6 cm³/mol. The molecule has 1 amide bonds. The Morgan fingerprint density at radius 3 is 2.09 bits per heavy atom. The van der Waals surface area contributed by atoms with E-state index in [1.165, 1.54) is 12.1 Å². The molecule has 0 radical (unpaired) electrons. The van der Waals surface area contributed by atoms with E-state index in [0.29, 0.717) is 23.1 Å². The van der Waals surface area contributed by atoms with Gasteiger partial charge < -0.3 is 5.32 Å². The Labute approximate surface area is 124 Å². The van der Waals surface area contributed by atoms with Gasteiger partial charge in [0.2, 0.25) is 5.91 Å². The number of hydrogen-bond donors (Lipinski definition) is 1. The lowest BCUT2D eigenvalue weighted by Crippen LogP contribution is -2.14. The summed E-state index contributed by atoms with van der Waals surface area (Å²) in [5, 5.41) is 2.52. The van der Waals surface area contributed by atoms with E-state index in [2.05, 4.69) is 5.32 Å². The van der Waals surface area contributed by atoms with Crippen LogP contribution >= 0.6 is 0 Å². The number of rotatable bonds is 4. The quantitative estimate of drug-likeness (QED) is 0.875. The molecule has 2 aromatic carbocycles. The van der Waals surface area contributed by atoms with E-state index in [9.17, 15) is 22.8 Å². The highest BCUT2D eigenvalue weighted by molar-refractivity contribution is 5.92. The third-order valence-corrected chi connectivity index (χ3v) is 2.98. The van der Waals surface area contributed by atoms with Crippen molar-refractivity contribution in [3.05, 3.63) is 65.2 Å². The molecule has 0 heterocycles. The zero-order valence-corrected chi connectivity index (χ0v) is 11.4. The molecule has 2 rings (SSSR count). The van der Waals surface area contributed by atoms with Crippen LogP contribution in [0.2, 0.25) is 0 Å². The second-order valence-electron chi connectivity index (χ2n) is 4.66. The summed E-state index contributed by atoms with van der Waals surface area (Å²) in [6, 6.07) is 10.7. The summed E-state index contributed by atoms with van der Waals surface area (Å²) in [6.07, 6.45) is -3.63. The van der Waals surface area contributed by atoms with Crippen LogP contribution in [0.4, 0.5) is 18.9 Å². The molecule has 0 saturated carbocycles. The number of amides is 1. The van der Waals surface area contributed by atoms with E-state index in [4.69, 9.17) is 0 Å². The molecule has 3 nitrogen and oxygen atoms in total. The van der Waals surface area contributed by atoms with E-state index in [0.717, 1.165) is 12.1 Å². The van der Waals surface area contributed by atoms with Crippen LogP contribution in [0.5, 0.6) is 0 Å². The van der Waals surface area contributed by atoms with Gasteiger partial charge in [-0.3, -0.25) is 9.59 Å². The van der Waals surface area contributed by atoms with Gasteiger partial charge in [-0.25, -0.2) is 0 Å². The van der Waals surface area contributed by atoms with Crippen molar-refractivity contribution in [1.29, 1.82) is 0 Å². The predicted octanol–water partition coefficient (Wildman–Crippen LogP) is 3.70. The number of anilines is 1. The van der Waals surface area contributed by atoms with Gasteiger partial charge in [-0.1, -0.05) is 24.3 Å². The van der Waals surface area contributed by atoms with E-state index in [1.807, 2.05) is 0 Å². The summed E-state index contributed by atoms with van der Waals surface area (Å²) < 4.78 is 37.3. The van der Waals surface area contributed by atoms with Crippen molar-refractivity contribution in [2.45, 2.75) is 12.6 Å². The second-order valence-corrected chi connectivity index (χ2v) is 4.66.